The highest BCUT2D eigenvalue weighted by Gasteiger charge is 2.30. The highest BCUT2D eigenvalue weighted by molar-refractivity contribution is 7.89. The van der Waals surface area contributed by atoms with Crippen molar-refractivity contribution >= 4 is 22.4 Å². The second kappa shape index (κ2) is 6.56. The predicted octanol–water partition coefficient (Wildman–Crippen LogP) is 1.10. The van der Waals surface area contributed by atoms with Gasteiger partial charge in [-0.3, -0.25) is 0 Å². The monoisotopic (exact) mass is 306 g/mol. The summed E-state index contributed by atoms with van der Waals surface area (Å²) in [7, 11) is -1.84. The van der Waals surface area contributed by atoms with Crippen molar-refractivity contribution in [3.63, 3.8) is 0 Å². The van der Waals surface area contributed by atoms with E-state index < -0.39 is 10.0 Å². The number of nitrogens with one attached hydrogen (secondary N) is 1. The molecule has 1 N–H and O–H groups in total. The minimum absolute atomic E-state index is 0. The summed E-state index contributed by atoms with van der Waals surface area (Å²) >= 11 is 0. The van der Waals surface area contributed by atoms with E-state index in [1.165, 1.54) is 0 Å². The molecule has 19 heavy (non-hydrogen) atoms. The smallest absolute Gasteiger partial charge is 0.243 e. The fourth-order valence-electron chi connectivity index (χ4n) is 2.06. The highest BCUT2D eigenvalue weighted by atomic mass is 35.5. The number of ether oxygens (including phenoxy) is 1. The molecule has 5 nitrogen and oxygen atoms in total. The van der Waals surface area contributed by atoms with Gasteiger partial charge in [0.2, 0.25) is 10.0 Å². The minimum Gasteiger partial charge on any atom is -0.497 e. The van der Waals surface area contributed by atoms with Gasteiger partial charge in [-0.15, -0.1) is 12.4 Å². The number of hydrogen-bond donors (Lipinski definition) is 1. The molecule has 0 bridgehead atoms. The van der Waals surface area contributed by atoms with Gasteiger partial charge >= 0.3 is 0 Å². The normalized spacial score (nSPS) is 20.6. The van der Waals surface area contributed by atoms with Gasteiger partial charge in [-0.1, -0.05) is 0 Å². The van der Waals surface area contributed by atoms with E-state index in [1.807, 2.05) is 6.92 Å². The highest BCUT2D eigenvalue weighted by Crippen LogP contribution is 2.21. The van der Waals surface area contributed by atoms with Crippen molar-refractivity contribution < 1.29 is 13.2 Å². The maximum atomic E-state index is 12.5. The predicted molar refractivity (Wildman–Crippen MR) is 76.5 cm³/mol. The average Bonchev–Trinajstić information content (AvgIpc) is 2.39. The van der Waals surface area contributed by atoms with Crippen LogP contribution in [0.15, 0.2) is 29.2 Å². The molecule has 1 aliphatic rings. The Morgan fingerprint density at radius 2 is 1.95 bits per heavy atom. The maximum absolute atomic E-state index is 12.5. The Labute approximate surface area is 120 Å². The first-order valence-corrected chi connectivity index (χ1v) is 7.36. The standard InChI is InChI=1S/C12H18N2O3S.ClH/c1-10-9-13-7-8-14(10)18(15,16)12-5-3-11(17-2)4-6-12;/h3-6,10,13H,7-9H2,1-2H3;1H/t10-;/m1./s1. The molecule has 0 amide bonds. The largest absolute Gasteiger partial charge is 0.497 e. The lowest BCUT2D eigenvalue weighted by Crippen LogP contribution is -2.52. The number of halogens is 1. The fraction of sp³-hybridized carbons (Fsp3) is 0.500. The molecule has 2 rings (SSSR count). The van der Waals surface area contributed by atoms with Gasteiger partial charge in [0.25, 0.3) is 0 Å². The fourth-order valence-corrected chi connectivity index (χ4v) is 3.69. The molecule has 0 radical (unpaired) electrons. The van der Waals surface area contributed by atoms with Crippen molar-refractivity contribution in [1.82, 2.24) is 9.62 Å². The van der Waals surface area contributed by atoms with Crippen LogP contribution >= 0.6 is 12.4 Å². The lowest BCUT2D eigenvalue weighted by molar-refractivity contribution is 0.284. The van der Waals surface area contributed by atoms with Gasteiger partial charge in [-0.25, -0.2) is 8.42 Å². The number of piperazine rings is 1. The molecule has 1 aliphatic heterocycles. The van der Waals surface area contributed by atoms with Gasteiger partial charge in [-0.05, 0) is 31.2 Å². The molecule has 1 atom stereocenters. The van der Waals surface area contributed by atoms with E-state index in [0.29, 0.717) is 30.3 Å². The first kappa shape index (κ1) is 16.2. The number of rotatable bonds is 3. The Balaban J connectivity index is 0.00000180. The molecule has 1 saturated heterocycles. The molecule has 7 heteroatoms. The zero-order valence-electron chi connectivity index (χ0n) is 11.0. The van der Waals surface area contributed by atoms with Crippen molar-refractivity contribution in [3.8, 4) is 5.75 Å². The van der Waals surface area contributed by atoms with Crippen LogP contribution in [-0.2, 0) is 10.0 Å². The number of hydrogen-bond acceptors (Lipinski definition) is 4. The summed E-state index contributed by atoms with van der Waals surface area (Å²) in [5, 5.41) is 3.18. The van der Waals surface area contributed by atoms with Gasteiger partial charge in [-0.2, -0.15) is 4.31 Å². The molecule has 0 aromatic heterocycles. The molecule has 1 aromatic carbocycles. The molecule has 0 unspecified atom stereocenters. The summed E-state index contributed by atoms with van der Waals surface area (Å²) in [6.07, 6.45) is 0. The first-order chi connectivity index (χ1) is 8.55. The van der Waals surface area contributed by atoms with Gasteiger partial charge in [0.1, 0.15) is 5.75 Å². The summed E-state index contributed by atoms with van der Waals surface area (Å²) in [5.74, 6) is 0.655. The summed E-state index contributed by atoms with van der Waals surface area (Å²) < 4.78 is 31.5. The van der Waals surface area contributed by atoms with Crippen LogP contribution in [0.25, 0.3) is 0 Å². The third-order valence-electron chi connectivity index (χ3n) is 3.11. The first-order valence-electron chi connectivity index (χ1n) is 5.92. The number of sulfonamides is 1. The summed E-state index contributed by atoms with van der Waals surface area (Å²) in [6, 6.07) is 6.48. The molecule has 0 saturated carbocycles. The van der Waals surface area contributed by atoms with E-state index in [0.717, 1.165) is 0 Å². The van der Waals surface area contributed by atoms with E-state index in [2.05, 4.69) is 5.32 Å². The van der Waals surface area contributed by atoms with Gasteiger partial charge in [0.05, 0.1) is 12.0 Å². The van der Waals surface area contributed by atoms with Gasteiger partial charge in [0, 0.05) is 25.7 Å². The average molecular weight is 307 g/mol. The van der Waals surface area contributed by atoms with Crippen LogP contribution in [0.2, 0.25) is 0 Å². The SMILES string of the molecule is COc1ccc(S(=O)(=O)N2CCNC[C@H]2C)cc1.Cl. The third-order valence-corrected chi connectivity index (χ3v) is 5.13. The van der Waals surface area contributed by atoms with E-state index >= 15 is 0 Å². The van der Waals surface area contributed by atoms with Gasteiger partial charge in [0.15, 0.2) is 0 Å². The van der Waals surface area contributed by atoms with Crippen LogP contribution < -0.4 is 10.1 Å². The molecule has 0 spiro atoms. The molecular formula is C12H19ClN2O3S. The molecular weight excluding hydrogens is 288 g/mol. The van der Waals surface area contributed by atoms with E-state index in [-0.39, 0.29) is 18.4 Å². The Morgan fingerprint density at radius 3 is 2.47 bits per heavy atom. The summed E-state index contributed by atoms with van der Waals surface area (Å²) in [6.45, 7) is 3.80. The van der Waals surface area contributed by atoms with E-state index in [9.17, 15) is 8.42 Å². The Kier molecular flexibility index (Phi) is 5.61. The van der Waals surface area contributed by atoms with Crippen LogP contribution in [-0.4, -0.2) is 45.5 Å². The zero-order valence-corrected chi connectivity index (χ0v) is 12.6. The lowest BCUT2D eigenvalue weighted by atomic mass is 10.3. The quantitative estimate of drug-likeness (QED) is 0.908. The molecule has 1 heterocycles. The zero-order chi connectivity index (χ0) is 13.2. The van der Waals surface area contributed by atoms with Crippen LogP contribution in [0.4, 0.5) is 0 Å². The van der Waals surface area contributed by atoms with Crippen molar-refractivity contribution in [1.29, 1.82) is 0 Å². The Hall–Kier alpha value is -0.820. The topological polar surface area (TPSA) is 58.6 Å². The summed E-state index contributed by atoms with van der Waals surface area (Å²) in [5.41, 5.74) is 0. The Morgan fingerprint density at radius 1 is 1.32 bits per heavy atom. The van der Waals surface area contributed by atoms with Crippen LogP contribution in [0.1, 0.15) is 6.92 Å². The van der Waals surface area contributed by atoms with E-state index in [1.54, 1.807) is 35.7 Å². The van der Waals surface area contributed by atoms with Crippen molar-refractivity contribution in [2.45, 2.75) is 17.9 Å². The van der Waals surface area contributed by atoms with Crippen LogP contribution in [0.5, 0.6) is 5.75 Å². The van der Waals surface area contributed by atoms with Crippen LogP contribution in [0, 0.1) is 0 Å². The number of benzene rings is 1. The van der Waals surface area contributed by atoms with Crippen molar-refractivity contribution in [2.24, 2.45) is 0 Å². The van der Waals surface area contributed by atoms with Crippen molar-refractivity contribution in [2.75, 3.05) is 26.7 Å². The van der Waals surface area contributed by atoms with E-state index in [4.69, 9.17) is 4.74 Å². The number of methoxy groups -OCH3 is 1. The second-order valence-electron chi connectivity index (χ2n) is 4.34. The Bertz CT molecular complexity index is 504. The molecule has 0 aliphatic carbocycles. The maximum Gasteiger partial charge on any atom is 0.243 e. The van der Waals surface area contributed by atoms with Crippen molar-refractivity contribution in [3.05, 3.63) is 24.3 Å². The molecule has 1 fully saturated rings. The molecule has 1 aromatic rings. The number of nitrogens with zero attached hydrogens (tertiary/aromatic N) is 1. The minimum atomic E-state index is -3.40. The van der Waals surface area contributed by atoms with Crippen LogP contribution in [0.3, 0.4) is 0 Å². The summed E-state index contributed by atoms with van der Waals surface area (Å²) in [4.78, 5) is 0.317. The molecule has 108 valence electrons. The third kappa shape index (κ3) is 3.39. The second-order valence-corrected chi connectivity index (χ2v) is 6.23. The lowest BCUT2D eigenvalue weighted by Gasteiger charge is -2.32. The van der Waals surface area contributed by atoms with Gasteiger partial charge < -0.3 is 10.1 Å².